The number of carbonyl (C=O) groups excluding carboxylic acids is 1. The number of carbonyl (C=O) groups is 1. The predicted molar refractivity (Wildman–Crippen MR) is 121 cm³/mol. The molecule has 33 heavy (non-hydrogen) atoms. The van der Waals surface area contributed by atoms with Crippen LogP contribution >= 0.6 is 0 Å². The molecule has 0 unspecified atom stereocenters. The lowest BCUT2D eigenvalue weighted by Crippen LogP contribution is -2.49. The Labute approximate surface area is 191 Å². The first-order valence-electron chi connectivity index (χ1n) is 9.65. The van der Waals surface area contributed by atoms with Crippen molar-refractivity contribution in [3.63, 3.8) is 0 Å². The monoisotopic (exact) mass is 485 g/mol. The van der Waals surface area contributed by atoms with Crippen molar-refractivity contribution in [3.05, 3.63) is 89.5 Å². The number of rotatable bonds is 4. The van der Waals surface area contributed by atoms with Crippen molar-refractivity contribution in [2.75, 3.05) is 7.11 Å². The van der Waals surface area contributed by atoms with Crippen molar-refractivity contribution in [1.82, 2.24) is 9.84 Å². The van der Waals surface area contributed by atoms with Crippen molar-refractivity contribution in [2.45, 2.75) is 16.7 Å². The number of para-hydroxylation sites is 1. The molecule has 1 N–H and O–H groups in total. The number of fused-ring (bicyclic) bond motifs is 1. The van der Waals surface area contributed by atoms with Crippen molar-refractivity contribution in [2.24, 2.45) is 4.40 Å². The quantitative estimate of drug-likeness (QED) is 0.563. The average Bonchev–Trinajstić information content (AvgIpc) is 3.07. The summed E-state index contributed by atoms with van der Waals surface area (Å²) in [6.45, 7) is 1.79. The number of hydrogen-bond acceptors (Lipinski definition) is 7. The van der Waals surface area contributed by atoms with E-state index in [-0.39, 0.29) is 32.5 Å². The number of amidine groups is 1. The number of ether oxygens (including phenoxy) is 1. The molecule has 0 radical (unpaired) electrons. The number of benzene rings is 3. The first-order chi connectivity index (χ1) is 15.6. The van der Waals surface area contributed by atoms with E-state index in [2.05, 4.69) is 9.82 Å². The molecule has 0 spiro atoms. The SMILES string of the molecule is COc1ccccc1C(=O)N(NC1=NS(=O)(=O)c2ccccc21)S(=O)(=O)c1ccc(C)cc1. The molecule has 3 aromatic rings. The van der Waals surface area contributed by atoms with E-state index in [4.69, 9.17) is 4.74 Å². The molecule has 170 valence electrons. The predicted octanol–water partition coefficient (Wildman–Crippen LogP) is 2.49. The maximum absolute atomic E-state index is 13.5. The Hall–Kier alpha value is -3.70. The van der Waals surface area contributed by atoms with Crippen LogP contribution in [0, 0.1) is 6.92 Å². The Morgan fingerprint density at radius 2 is 1.61 bits per heavy atom. The highest BCUT2D eigenvalue weighted by molar-refractivity contribution is 7.91. The molecule has 1 heterocycles. The summed E-state index contributed by atoms with van der Waals surface area (Å²) in [4.78, 5) is 13.2. The fourth-order valence-corrected chi connectivity index (χ4v) is 5.63. The molecular formula is C22H19N3O6S2. The second-order valence-electron chi connectivity index (χ2n) is 7.11. The largest absolute Gasteiger partial charge is 0.496 e. The second-order valence-corrected chi connectivity index (χ2v) is 10.5. The summed E-state index contributed by atoms with van der Waals surface area (Å²) in [6.07, 6.45) is 0. The first-order valence-corrected chi connectivity index (χ1v) is 12.5. The molecule has 0 aliphatic carbocycles. The Morgan fingerprint density at radius 3 is 2.30 bits per heavy atom. The van der Waals surface area contributed by atoms with Crippen LogP contribution in [0.15, 0.2) is 87.0 Å². The van der Waals surface area contributed by atoms with Gasteiger partial charge in [-0.3, -0.25) is 10.2 Å². The van der Waals surface area contributed by atoms with Crippen LogP contribution in [0.25, 0.3) is 0 Å². The first kappa shape index (κ1) is 22.5. The van der Waals surface area contributed by atoms with E-state index in [1.807, 2.05) is 0 Å². The van der Waals surface area contributed by atoms with Crippen molar-refractivity contribution < 1.29 is 26.4 Å². The summed E-state index contributed by atoms with van der Waals surface area (Å²) in [5, 5.41) is 0. The van der Waals surface area contributed by atoms with Gasteiger partial charge < -0.3 is 4.74 Å². The number of hydrazine groups is 1. The van der Waals surface area contributed by atoms with Gasteiger partial charge in [0.2, 0.25) is 0 Å². The highest BCUT2D eigenvalue weighted by atomic mass is 32.2. The lowest BCUT2D eigenvalue weighted by atomic mass is 10.2. The summed E-state index contributed by atoms with van der Waals surface area (Å²) >= 11 is 0. The average molecular weight is 486 g/mol. The lowest BCUT2D eigenvalue weighted by Gasteiger charge is -2.24. The molecule has 0 atom stereocenters. The minimum atomic E-state index is -4.48. The molecule has 0 fully saturated rings. The summed E-state index contributed by atoms with van der Waals surface area (Å²) in [6, 6.07) is 17.9. The molecule has 0 bridgehead atoms. The van der Waals surface area contributed by atoms with E-state index >= 15 is 0 Å². The summed E-state index contributed by atoms with van der Waals surface area (Å²) < 4.78 is 61.2. The maximum Gasteiger partial charge on any atom is 0.290 e. The van der Waals surface area contributed by atoms with Crippen molar-refractivity contribution in [3.8, 4) is 5.75 Å². The normalized spacial score (nSPS) is 14.2. The van der Waals surface area contributed by atoms with Gasteiger partial charge >= 0.3 is 0 Å². The van der Waals surface area contributed by atoms with Crippen LogP contribution in [-0.4, -0.2) is 40.1 Å². The number of methoxy groups -OCH3 is 1. The van der Waals surface area contributed by atoms with Gasteiger partial charge in [-0.1, -0.05) is 42.0 Å². The van der Waals surface area contributed by atoms with E-state index in [0.717, 1.165) is 5.56 Å². The van der Waals surface area contributed by atoms with E-state index in [1.165, 1.54) is 49.6 Å². The fraction of sp³-hybridized carbons (Fsp3) is 0.0909. The smallest absolute Gasteiger partial charge is 0.290 e. The molecule has 1 amide bonds. The number of nitrogens with one attached hydrogen (secondary N) is 1. The lowest BCUT2D eigenvalue weighted by molar-refractivity contribution is 0.0834. The number of amides is 1. The Kier molecular flexibility index (Phi) is 5.68. The molecule has 3 aromatic carbocycles. The summed E-state index contributed by atoms with van der Waals surface area (Å²) in [5.74, 6) is -1.11. The Balaban J connectivity index is 1.85. The zero-order chi connectivity index (χ0) is 23.8. The Bertz CT molecular complexity index is 1480. The standard InChI is InChI=1S/C22H19N3O6S2/c1-15-11-13-16(14-12-15)33(29,30)25(22(26)17-7-3-5-9-19(17)31-2)23-21-18-8-4-6-10-20(18)32(27,28)24-21/h3-14H,1-2H3,(H,23,24). The third-order valence-electron chi connectivity index (χ3n) is 4.92. The Morgan fingerprint density at radius 1 is 0.970 bits per heavy atom. The van der Waals surface area contributed by atoms with Gasteiger partial charge in [0.05, 0.1) is 17.6 Å². The van der Waals surface area contributed by atoms with Crippen LogP contribution in [-0.2, 0) is 20.0 Å². The molecule has 0 saturated heterocycles. The van der Waals surface area contributed by atoms with Gasteiger partial charge in [0.25, 0.3) is 26.0 Å². The molecule has 4 rings (SSSR count). The number of aryl methyl sites for hydroxylation is 1. The summed E-state index contributed by atoms with van der Waals surface area (Å²) in [7, 11) is -7.18. The van der Waals surface area contributed by atoms with E-state index in [9.17, 15) is 21.6 Å². The minimum absolute atomic E-state index is 0.0436. The molecular weight excluding hydrogens is 466 g/mol. The van der Waals surface area contributed by atoms with Gasteiger partial charge in [-0.25, -0.2) is 0 Å². The number of nitrogens with zero attached hydrogens (tertiary/aromatic N) is 2. The van der Waals surface area contributed by atoms with Gasteiger partial charge in [0.15, 0.2) is 5.84 Å². The zero-order valence-electron chi connectivity index (χ0n) is 17.6. The van der Waals surface area contributed by atoms with Crippen LogP contribution in [0.2, 0.25) is 0 Å². The minimum Gasteiger partial charge on any atom is -0.496 e. The van der Waals surface area contributed by atoms with Crippen LogP contribution in [0.4, 0.5) is 0 Å². The van der Waals surface area contributed by atoms with E-state index in [0.29, 0.717) is 4.41 Å². The molecule has 11 heteroatoms. The molecule has 0 aromatic heterocycles. The molecule has 9 nitrogen and oxygen atoms in total. The highest BCUT2D eigenvalue weighted by Crippen LogP contribution is 2.27. The molecule has 1 aliphatic heterocycles. The van der Waals surface area contributed by atoms with E-state index in [1.54, 1.807) is 37.3 Å². The van der Waals surface area contributed by atoms with Crippen molar-refractivity contribution in [1.29, 1.82) is 0 Å². The topological polar surface area (TPSA) is 122 Å². The van der Waals surface area contributed by atoms with E-state index < -0.39 is 26.0 Å². The third-order valence-corrected chi connectivity index (χ3v) is 7.86. The molecule has 1 aliphatic rings. The van der Waals surface area contributed by atoms with Crippen LogP contribution in [0.3, 0.4) is 0 Å². The van der Waals surface area contributed by atoms with Crippen LogP contribution in [0.1, 0.15) is 21.5 Å². The van der Waals surface area contributed by atoms with Gasteiger partial charge in [-0.05, 0) is 43.3 Å². The second kappa shape index (κ2) is 8.34. The highest BCUT2D eigenvalue weighted by Gasteiger charge is 2.36. The zero-order valence-corrected chi connectivity index (χ0v) is 19.2. The summed E-state index contributed by atoms with van der Waals surface area (Å²) in [5.41, 5.74) is 3.37. The molecule has 0 saturated carbocycles. The number of sulfonamides is 2. The van der Waals surface area contributed by atoms with Gasteiger partial charge in [0.1, 0.15) is 10.6 Å². The number of hydrogen-bond donors (Lipinski definition) is 1. The van der Waals surface area contributed by atoms with Gasteiger partial charge in [-0.2, -0.15) is 16.8 Å². The van der Waals surface area contributed by atoms with Crippen LogP contribution < -0.4 is 10.2 Å². The van der Waals surface area contributed by atoms with Crippen LogP contribution in [0.5, 0.6) is 5.75 Å². The van der Waals surface area contributed by atoms with Gasteiger partial charge in [-0.15, -0.1) is 8.81 Å². The maximum atomic E-state index is 13.5. The van der Waals surface area contributed by atoms with Crippen molar-refractivity contribution >= 4 is 31.8 Å². The van der Waals surface area contributed by atoms with Gasteiger partial charge in [0, 0.05) is 5.56 Å². The fourth-order valence-electron chi connectivity index (χ4n) is 3.25. The third kappa shape index (κ3) is 4.08.